The summed E-state index contributed by atoms with van der Waals surface area (Å²) >= 11 is 0. The van der Waals surface area contributed by atoms with Gasteiger partial charge in [-0.15, -0.1) is 0 Å². The first-order valence-electron chi connectivity index (χ1n) is 9.12. The average molecular weight is 345 g/mol. The predicted molar refractivity (Wildman–Crippen MR) is 106 cm³/mol. The Morgan fingerprint density at radius 2 is 1.96 bits per heavy atom. The number of imidazole rings is 1. The summed E-state index contributed by atoms with van der Waals surface area (Å²) in [4.78, 5) is 10.7. The first-order valence-corrected chi connectivity index (χ1v) is 9.12. The summed E-state index contributed by atoms with van der Waals surface area (Å²) in [6.07, 6.45) is 2.17. The Balaban J connectivity index is 1.81. The van der Waals surface area contributed by atoms with Crippen LogP contribution in [0.3, 0.4) is 0 Å². The molecule has 2 N–H and O–H groups in total. The molecule has 132 valence electrons. The average Bonchev–Trinajstić information content (AvgIpc) is 3.07. The van der Waals surface area contributed by atoms with Gasteiger partial charge in [0.25, 0.3) is 0 Å². The van der Waals surface area contributed by atoms with Gasteiger partial charge in [-0.05, 0) is 37.5 Å². The molecular formula is C21H23N5. The molecule has 3 aromatic rings. The zero-order valence-electron chi connectivity index (χ0n) is 15.0. The fourth-order valence-corrected chi connectivity index (χ4v) is 3.80. The third kappa shape index (κ3) is 2.93. The van der Waals surface area contributed by atoms with Crippen LogP contribution in [0.25, 0.3) is 15.9 Å². The topological polar surface area (TPSA) is 51.4 Å². The molecule has 1 fully saturated rings. The molecule has 2 atom stereocenters. The van der Waals surface area contributed by atoms with Crippen molar-refractivity contribution in [2.75, 3.05) is 18.0 Å². The zero-order valence-corrected chi connectivity index (χ0v) is 15.0. The third-order valence-electron chi connectivity index (χ3n) is 5.21. The number of nitrogens with two attached hydrogens (primary N) is 1. The smallest absolute Gasteiger partial charge is 0.207 e. The maximum Gasteiger partial charge on any atom is 0.207 e. The fraction of sp³-hybridized carbons (Fsp3) is 0.333. The summed E-state index contributed by atoms with van der Waals surface area (Å²) in [6.45, 7) is 11.2. The van der Waals surface area contributed by atoms with Crippen molar-refractivity contribution in [3.63, 3.8) is 0 Å². The molecule has 1 saturated heterocycles. The lowest BCUT2D eigenvalue weighted by molar-refractivity contribution is 0.490. The van der Waals surface area contributed by atoms with Crippen LogP contribution < -0.4 is 10.6 Å². The standard InChI is InChI=1S/C21H23N5/c1-15(16-9-11-18(23-2)12-10-16)26-20-8-4-3-7-19(20)24-21(26)25-13-5-6-17(22)14-25/h3-4,7-12,15,17H,5-6,13-14,22H2,1H3/t15?,17-/m0/s1. The second kappa shape index (κ2) is 6.81. The van der Waals surface area contributed by atoms with Crippen LogP contribution in [0.2, 0.25) is 0 Å². The fourth-order valence-electron chi connectivity index (χ4n) is 3.80. The van der Waals surface area contributed by atoms with Gasteiger partial charge in [0.15, 0.2) is 5.69 Å². The minimum absolute atomic E-state index is 0.121. The summed E-state index contributed by atoms with van der Waals surface area (Å²) in [5.74, 6) is 0.989. The number of piperidine rings is 1. The van der Waals surface area contributed by atoms with Crippen LogP contribution >= 0.6 is 0 Å². The van der Waals surface area contributed by atoms with Crippen LogP contribution in [0.4, 0.5) is 11.6 Å². The van der Waals surface area contributed by atoms with E-state index in [0.29, 0.717) is 5.69 Å². The van der Waals surface area contributed by atoms with Crippen LogP contribution in [0.15, 0.2) is 48.5 Å². The van der Waals surface area contributed by atoms with Gasteiger partial charge in [-0.2, -0.15) is 0 Å². The Labute approximate surface area is 153 Å². The molecule has 2 aromatic carbocycles. The number of hydrogen-bond acceptors (Lipinski definition) is 3. The van der Waals surface area contributed by atoms with Crippen molar-refractivity contribution < 1.29 is 0 Å². The van der Waals surface area contributed by atoms with E-state index in [1.54, 1.807) is 0 Å². The van der Waals surface area contributed by atoms with Crippen molar-refractivity contribution in [3.05, 3.63) is 65.5 Å². The lowest BCUT2D eigenvalue weighted by atomic mass is 10.1. The molecule has 0 radical (unpaired) electrons. The van der Waals surface area contributed by atoms with Gasteiger partial charge in [0.1, 0.15) is 0 Å². The van der Waals surface area contributed by atoms with E-state index in [9.17, 15) is 0 Å². The SMILES string of the molecule is [C-]#[N+]c1ccc(C(C)n2c(N3CCC[C@H](N)C3)nc3ccccc32)cc1. The molecule has 26 heavy (non-hydrogen) atoms. The third-order valence-corrected chi connectivity index (χ3v) is 5.21. The number of fused-ring (bicyclic) bond motifs is 1. The van der Waals surface area contributed by atoms with E-state index in [1.807, 2.05) is 30.3 Å². The van der Waals surface area contributed by atoms with E-state index in [0.717, 1.165) is 42.9 Å². The van der Waals surface area contributed by atoms with Gasteiger partial charge >= 0.3 is 0 Å². The van der Waals surface area contributed by atoms with Crippen molar-refractivity contribution in [1.29, 1.82) is 0 Å². The Hall–Kier alpha value is -2.84. The molecule has 1 aromatic heterocycles. The number of anilines is 1. The molecule has 0 bridgehead atoms. The number of rotatable bonds is 3. The number of benzene rings is 2. The van der Waals surface area contributed by atoms with E-state index >= 15 is 0 Å². The van der Waals surface area contributed by atoms with E-state index in [2.05, 4.69) is 39.4 Å². The number of hydrogen-bond donors (Lipinski definition) is 1. The van der Waals surface area contributed by atoms with Gasteiger partial charge in [-0.25, -0.2) is 9.83 Å². The highest BCUT2D eigenvalue weighted by Gasteiger charge is 2.25. The van der Waals surface area contributed by atoms with Gasteiger partial charge in [-0.3, -0.25) is 0 Å². The highest BCUT2D eigenvalue weighted by molar-refractivity contribution is 5.79. The van der Waals surface area contributed by atoms with Crippen LogP contribution in [-0.4, -0.2) is 28.7 Å². The molecule has 1 aliphatic heterocycles. The predicted octanol–water partition coefficient (Wildman–Crippen LogP) is 4.12. The highest BCUT2D eigenvalue weighted by Crippen LogP contribution is 2.32. The molecule has 0 saturated carbocycles. The number of nitrogens with zero attached hydrogens (tertiary/aromatic N) is 4. The quantitative estimate of drug-likeness (QED) is 0.726. The van der Waals surface area contributed by atoms with Crippen LogP contribution in [-0.2, 0) is 0 Å². The lowest BCUT2D eigenvalue weighted by Gasteiger charge is -2.33. The van der Waals surface area contributed by atoms with E-state index in [1.165, 1.54) is 5.56 Å². The monoisotopic (exact) mass is 345 g/mol. The molecule has 1 aliphatic rings. The zero-order chi connectivity index (χ0) is 18.1. The van der Waals surface area contributed by atoms with E-state index in [-0.39, 0.29) is 12.1 Å². The minimum Gasteiger partial charge on any atom is -0.341 e. The first-order chi connectivity index (χ1) is 12.7. The molecule has 2 heterocycles. The Morgan fingerprint density at radius 1 is 1.19 bits per heavy atom. The highest BCUT2D eigenvalue weighted by atomic mass is 15.3. The molecule has 4 rings (SSSR count). The molecule has 0 amide bonds. The van der Waals surface area contributed by atoms with Crippen molar-refractivity contribution in [1.82, 2.24) is 9.55 Å². The van der Waals surface area contributed by atoms with Gasteiger partial charge < -0.3 is 15.2 Å². The molecule has 0 aliphatic carbocycles. The minimum atomic E-state index is 0.121. The second-order valence-corrected chi connectivity index (χ2v) is 7.00. The second-order valence-electron chi connectivity index (χ2n) is 7.00. The number of aromatic nitrogens is 2. The van der Waals surface area contributed by atoms with E-state index in [4.69, 9.17) is 17.3 Å². The van der Waals surface area contributed by atoms with Crippen molar-refractivity contribution >= 4 is 22.7 Å². The summed E-state index contributed by atoms with van der Waals surface area (Å²) < 4.78 is 2.31. The van der Waals surface area contributed by atoms with Crippen molar-refractivity contribution in [2.24, 2.45) is 5.73 Å². The molecule has 5 heteroatoms. The van der Waals surface area contributed by atoms with Crippen molar-refractivity contribution in [3.8, 4) is 0 Å². The number of para-hydroxylation sites is 2. The normalized spacial score (nSPS) is 18.7. The van der Waals surface area contributed by atoms with Crippen LogP contribution in [0, 0.1) is 6.57 Å². The first kappa shape index (κ1) is 16.6. The molecular weight excluding hydrogens is 322 g/mol. The molecule has 1 unspecified atom stereocenters. The summed E-state index contributed by atoms with van der Waals surface area (Å²) in [5.41, 5.74) is 10.2. The largest absolute Gasteiger partial charge is 0.341 e. The Kier molecular flexibility index (Phi) is 4.36. The van der Waals surface area contributed by atoms with E-state index < -0.39 is 0 Å². The van der Waals surface area contributed by atoms with Crippen molar-refractivity contribution in [2.45, 2.75) is 31.8 Å². The van der Waals surface area contributed by atoms with Gasteiger partial charge in [0.2, 0.25) is 5.95 Å². The Bertz CT molecular complexity index is 951. The lowest BCUT2D eigenvalue weighted by Crippen LogP contribution is -2.44. The molecule has 5 nitrogen and oxygen atoms in total. The Morgan fingerprint density at radius 3 is 2.69 bits per heavy atom. The van der Waals surface area contributed by atoms with Crippen LogP contribution in [0.5, 0.6) is 0 Å². The van der Waals surface area contributed by atoms with Gasteiger partial charge in [0.05, 0.1) is 23.6 Å². The van der Waals surface area contributed by atoms with Crippen LogP contribution in [0.1, 0.15) is 31.4 Å². The maximum atomic E-state index is 7.15. The van der Waals surface area contributed by atoms with Gasteiger partial charge in [-0.1, -0.05) is 36.4 Å². The van der Waals surface area contributed by atoms with Gasteiger partial charge in [0, 0.05) is 19.1 Å². The summed E-state index contributed by atoms with van der Waals surface area (Å²) in [5, 5.41) is 0. The summed E-state index contributed by atoms with van der Waals surface area (Å²) in [6, 6.07) is 16.4. The summed E-state index contributed by atoms with van der Waals surface area (Å²) in [7, 11) is 0. The maximum absolute atomic E-state index is 7.15. The molecule has 0 spiro atoms.